The van der Waals surface area contributed by atoms with Crippen molar-refractivity contribution in [2.24, 2.45) is 0 Å². The number of carboxylic acid groups (broad SMARTS) is 1. The third-order valence-corrected chi connectivity index (χ3v) is 2.96. The summed E-state index contributed by atoms with van der Waals surface area (Å²) in [6, 6.07) is 2.55. The second kappa shape index (κ2) is 3.37. The van der Waals surface area contributed by atoms with Crippen LogP contribution in [0.3, 0.4) is 0 Å². The van der Waals surface area contributed by atoms with Gasteiger partial charge >= 0.3 is 5.97 Å². The van der Waals surface area contributed by atoms with Gasteiger partial charge in [-0.2, -0.15) is 4.39 Å². The third-order valence-electron chi connectivity index (χ3n) is 2.96. The standard InChI is InChI=1S/C11H11FO4/c1-16-9-6(2-3-7(13)8(9)12)11(4-5-11)10(14)15/h2-3,13H,4-5H2,1H3,(H,14,15). The number of hydrogen-bond donors (Lipinski definition) is 2. The highest BCUT2D eigenvalue weighted by Gasteiger charge is 2.53. The van der Waals surface area contributed by atoms with Crippen molar-refractivity contribution < 1.29 is 24.1 Å². The number of carboxylic acids is 1. The zero-order chi connectivity index (χ0) is 11.9. The normalized spacial score (nSPS) is 16.9. The molecule has 0 unspecified atom stereocenters. The first-order valence-electron chi connectivity index (χ1n) is 4.82. The molecular formula is C11H11FO4. The van der Waals surface area contributed by atoms with E-state index in [-0.39, 0.29) is 11.3 Å². The van der Waals surface area contributed by atoms with Crippen LogP contribution < -0.4 is 4.74 Å². The highest BCUT2D eigenvalue weighted by molar-refractivity contribution is 5.86. The number of carbonyl (C=O) groups is 1. The number of phenolic OH excluding ortho intramolecular Hbond substituents is 1. The van der Waals surface area contributed by atoms with Crippen LogP contribution >= 0.6 is 0 Å². The quantitative estimate of drug-likeness (QED) is 0.822. The number of halogens is 1. The van der Waals surface area contributed by atoms with E-state index in [4.69, 9.17) is 9.84 Å². The van der Waals surface area contributed by atoms with E-state index >= 15 is 0 Å². The van der Waals surface area contributed by atoms with Crippen molar-refractivity contribution in [3.05, 3.63) is 23.5 Å². The maximum atomic E-state index is 13.5. The fraction of sp³-hybridized carbons (Fsp3) is 0.364. The third kappa shape index (κ3) is 1.31. The minimum atomic E-state index is -1.04. The van der Waals surface area contributed by atoms with E-state index in [0.717, 1.165) is 6.07 Å². The maximum absolute atomic E-state index is 13.5. The Morgan fingerprint density at radius 1 is 1.50 bits per heavy atom. The fourth-order valence-electron chi connectivity index (χ4n) is 1.85. The summed E-state index contributed by atoms with van der Waals surface area (Å²) in [6.45, 7) is 0. The molecule has 1 aromatic carbocycles. The molecule has 5 heteroatoms. The van der Waals surface area contributed by atoms with E-state index < -0.39 is 23.0 Å². The molecule has 0 spiro atoms. The number of rotatable bonds is 3. The van der Waals surface area contributed by atoms with Crippen LogP contribution in [0.1, 0.15) is 18.4 Å². The SMILES string of the molecule is COc1c(C2(C(=O)O)CC2)ccc(O)c1F. The van der Waals surface area contributed by atoms with E-state index in [1.807, 2.05) is 0 Å². The molecule has 16 heavy (non-hydrogen) atoms. The molecule has 1 aromatic rings. The fourth-order valence-corrected chi connectivity index (χ4v) is 1.85. The molecule has 0 atom stereocenters. The van der Waals surface area contributed by atoms with Crippen LogP contribution in [0.2, 0.25) is 0 Å². The van der Waals surface area contributed by atoms with Gasteiger partial charge in [-0.3, -0.25) is 4.79 Å². The van der Waals surface area contributed by atoms with Gasteiger partial charge in [0, 0.05) is 5.56 Å². The predicted molar refractivity (Wildman–Crippen MR) is 53.2 cm³/mol. The van der Waals surface area contributed by atoms with E-state index in [1.54, 1.807) is 0 Å². The largest absolute Gasteiger partial charge is 0.505 e. The first-order valence-corrected chi connectivity index (χ1v) is 4.82. The van der Waals surface area contributed by atoms with Crippen LogP contribution in [-0.4, -0.2) is 23.3 Å². The molecule has 0 radical (unpaired) electrons. The Balaban J connectivity index is 2.58. The average Bonchev–Trinajstić information content (AvgIpc) is 3.02. The highest BCUT2D eigenvalue weighted by Crippen LogP contribution is 2.52. The number of aromatic hydroxyl groups is 1. The zero-order valence-corrected chi connectivity index (χ0v) is 8.66. The molecule has 1 saturated carbocycles. The van der Waals surface area contributed by atoms with E-state index in [2.05, 4.69) is 0 Å². The smallest absolute Gasteiger partial charge is 0.314 e. The van der Waals surface area contributed by atoms with Crippen molar-refractivity contribution in [1.82, 2.24) is 0 Å². The van der Waals surface area contributed by atoms with E-state index in [0.29, 0.717) is 12.8 Å². The van der Waals surface area contributed by atoms with Crippen molar-refractivity contribution in [1.29, 1.82) is 0 Å². The lowest BCUT2D eigenvalue weighted by atomic mass is 9.95. The summed E-state index contributed by atoms with van der Waals surface area (Å²) in [5.41, 5.74) is -0.752. The molecular weight excluding hydrogens is 215 g/mol. The summed E-state index contributed by atoms with van der Waals surface area (Å²) >= 11 is 0. The Bertz CT molecular complexity index is 452. The molecule has 0 saturated heterocycles. The van der Waals surface area contributed by atoms with Gasteiger partial charge in [-0.1, -0.05) is 6.07 Å². The van der Waals surface area contributed by atoms with Crippen molar-refractivity contribution in [3.8, 4) is 11.5 Å². The number of ether oxygens (including phenoxy) is 1. The van der Waals surface area contributed by atoms with Crippen LogP contribution in [0.5, 0.6) is 11.5 Å². The molecule has 0 aliphatic heterocycles. The van der Waals surface area contributed by atoms with Gasteiger partial charge in [0.15, 0.2) is 11.5 Å². The summed E-state index contributed by atoms with van der Waals surface area (Å²) in [7, 11) is 1.25. The van der Waals surface area contributed by atoms with E-state index in [9.17, 15) is 14.3 Å². The summed E-state index contributed by atoms with van der Waals surface area (Å²) in [5.74, 6) is -2.62. The zero-order valence-electron chi connectivity index (χ0n) is 8.66. The van der Waals surface area contributed by atoms with Crippen molar-refractivity contribution in [3.63, 3.8) is 0 Å². The Morgan fingerprint density at radius 3 is 2.56 bits per heavy atom. The van der Waals surface area contributed by atoms with Gasteiger partial charge in [0.2, 0.25) is 5.82 Å². The summed E-state index contributed by atoms with van der Waals surface area (Å²) in [4.78, 5) is 11.1. The maximum Gasteiger partial charge on any atom is 0.314 e. The minimum absolute atomic E-state index is 0.181. The molecule has 2 N–H and O–H groups in total. The molecule has 4 nitrogen and oxygen atoms in total. The predicted octanol–water partition coefficient (Wildman–Crippen LogP) is 1.66. The second-order valence-electron chi connectivity index (χ2n) is 3.87. The van der Waals surface area contributed by atoms with Crippen molar-refractivity contribution >= 4 is 5.97 Å². The van der Waals surface area contributed by atoms with Gasteiger partial charge in [0.25, 0.3) is 0 Å². The number of benzene rings is 1. The molecule has 1 aliphatic carbocycles. The van der Waals surface area contributed by atoms with Gasteiger partial charge in [-0.25, -0.2) is 0 Å². The minimum Gasteiger partial charge on any atom is -0.505 e. The first-order chi connectivity index (χ1) is 7.53. The highest BCUT2D eigenvalue weighted by atomic mass is 19.1. The van der Waals surface area contributed by atoms with Gasteiger partial charge in [0.1, 0.15) is 0 Å². The van der Waals surface area contributed by atoms with Crippen LogP contribution in [-0.2, 0) is 10.2 Å². The van der Waals surface area contributed by atoms with E-state index in [1.165, 1.54) is 13.2 Å². The Kier molecular flexibility index (Phi) is 2.26. The van der Waals surface area contributed by atoms with Gasteiger partial charge < -0.3 is 14.9 Å². The van der Waals surface area contributed by atoms with Crippen LogP contribution in [0.25, 0.3) is 0 Å². The number of phenols is 1. The lowest BCUT2D eigenvalue weighted by molar-refractivity contribution is -0.140. The molecule has 0 amide bonds. The topological polar surface area (TPSA) is 66.8 Å². The summed E-state index contributed by atoms with van der Waals surface area (Å²) in [6.07, 6.45) is 0.922. The molecule has 1 fully saturated rings. The average molecular weight is 226 g/mol. The first kappa shape index (κ1) is 10.7. The van der Waals surface area contributed by atoms with Crippen LogP contribution in [0.15, 0.2) is 12.1 Å². The van der Waals surface area contributed by atoms with Crippen molar-refractivity contribution in [2.45, 2.75) is 18.3 Å². The van der Waals surface area contributed by atoms with Crippen LogP contribution in [0, 0.1) is 5.82 Å². The monoisotopic (exact) mass is 226 g/mol. The summed E-state index contributed by atoms with van der Waals surface area (Å²) in [5, 5.41) is 18.3. The Morgan fingerprint density at radius 2 is 2.12 bits per heavy atom. The Hall–Kier alpha value is -1.78. The molecule has 0 heterocycles. The van der Waals surface area contributed by atoms with Gasteiger partial charge in [-0.15, -0.1) is 0 Å². The lowest BCUT2D eigenvalue weighted by Crippen LogP contribution is -2.20. The Labute approximate surface area is 91.3 Å². The molecule has 0 aromatic heterocycles. The molecule has 86 valence electrons. The van der Waals surface area contributed by atoms with Crippen molar-refractivity contribution in [2.75, 3.05) is 7.11 Å². The van der Waals surface area contributed by atoms with Gasteiger partial charge in [-0.05, 0) is 18.9 Å². The number of methoxy groups -OCH3 is 1. The van der Waals surface area contributed by atoms with Crippen LogP contribution in [0.4, 0.5) is 4.39 Å². The molecule has 0 bridgehead atoms. The number of aliphatic carboxylic acids is 1. The van der Waals surface area contributed by atoms with Gasteiger partial charge in [0.05, 0.1) is 12.5 Å². The second-order valence-corrected chi connectivity index (χ2v) is 3.87. The molecule has 2 rings (SSSR count). The summed E-state index contributed by atoms with van der Waals surface area (Å²) < 4.78 is 18.4. The lowest BCUT2D eigenvalue weighted by Gasteiger charge is -2.15. The number of hydrogen-bond acceptors (Lipinski definition) is 3. The molecule has 1 aliphatic rings.